The van der Waals surface area contributed by atoms with E-state index in [9.17, 15) is 9.59 Å². The third kappa shape index (κ3) is 4.80. The predicted octanol–water partition coefficient (Wildman–Crippen LogP) is 4.50. The standard InChI is InChI=1S/C21H24ClN3O2/c1-2-23-21(27)25-12-6-9-17(14-25)15-7-5-8-16(13-15)20(26)24-19-11-4-3-10-18(19)22/h3-5,7-8,10-11,13,17H,2,6,9,12,14H2,1H3,(H,23,27)(H,24,26)/t17-/m1/s1. The molecule has 27 heavy (non-hydrogen) atoms. The van der Waals surface area contributed by atoms with Crippen LogP contribution in [0.4, 0.5) is 10.5 Å². The van der Waals surface area contributed by atoms with Gasteiger partial charge in [0.25, 0.3) is 5.91 Å². The highest BCUT2D eigenvalue weighted by Gasteiger charge is 2.25. The molecule has 1 aliphatic rings. The Balaban J connectivity index is 1.72. The zero-order valence-corrected chi connectivity index (χ0v) is 16.1. The molecule has 0 bridgehead atoms. The highest BCUT2D eigenvalue weighted by Crippen LogP contribution is 2.28. The molecule has 0 aliphatic carbocycles. The lowest BCUT2D eigenvalue weighted by Gasteiger charge is -2.33. The molecule has 1 saturated heterocycles. The number of hydrogen-bond donors (Lipinski definition) is 2. The van der Waals surface area contributed by atoms with E-state index < -0.39 is 0 Å². The number of halogens is 1. The monoisotopic (exact) mass is 385 g/mol. The molecular formula is C21H24ClN3O2. The number of likely N-dealkylation sites (tertiary alicyclic amines) is 1. The summed E-state index contributed by atoms with van der Waals surface area (Å²) in [5.41, 5.74) is 2.26. The molecule has 6 heteroatoms. The summed E-state index contributed by atoms with van der Waals surface area (Å²) in [6, 6.07) is 14.8. The molecular weight excluding hydrogens is 362 g/mol. The van der Waals surface area contributed by atoms with Gasteiger partial charge in [-0.05, 0) is 49.6 Å². The Morgan fingerprint density at radius 3 is 2.78 bits per heavy atom. The second kappa shape index (κ2) is 8.91. The normalized spacial score (nSPS) is 16.7. The SMILES string of the molecule is CCNC(=O)N1CCC[C@@H](c2cccc(C(=O)Nc3ccccc3Cl)c2)C1. The van der Waals surface area contributed by atoms with Gasteiger partial charge >= 0.3 is 6.03 Å². The number of anilines is 1. The summed E-state index contributed by atoms with van der Waals surface area (Å²) in [4.78, 5) is 26.6. The average molecular weight is 386 g/mol. The number of rotatable bonds is 4. The van der Waals surface area contributed by atoms with Crippen molar-refractivity contribution < 1.29 is 9.59 Å². The summed E-state index contributed by atoms with van der Waals surface area (Å²) in [5, 5.41) is 6.22. The van der Waals surface area contributed by atoms with Gasteiger partial charge in [-0.2, -0.15) is 0 Å². The van der Waals surface area contributed by atoms with Crippen LogP contribution in [0, 0.1) is 0 Å². The number of para-hydroxylation sites is 1. The van der Waals surface area contributed by atoms with Gasteiger partial charge in [-0.25, -0.2) is 4.79 Å². The van der Waals surface area contributed by atoms with Crippen LogP contribution in [0.1, 0.15) is 41.6 Å². The van der Waals surface area contributed by atoms with Gasteiger partial charge in [0.1, 0.15) is 0 Å². The quantitative estimate of drug-likeness (QED) is 0.813. The van der Waals surface area contributed by atoms with E-state index in [0.717, 1.165) is 24.9 Å². The first kappa shape index (κ1) is 19.2. The van der Waals surface area contributed by atoms with E-state index in [1.54, 1.807) is 18.2 Å². The zero-order valence-electron chi connectivity index (χ0n) is 15.4. The van der Waals surface area contributed by atoms with Gasteiger partial charge in [0.2, 0.25) is 0 Å². The molecule has 1 heterocycles. The van der Waals surface area contributed by atoms with E-state index in [0.29, 0.717) is 29.4 Å². The Labute approximate surface area is 164 Å². The largest absolute Gasteiger partial charge is 0.338 e. The van der Waals surface area contributed by atoms with Gasteiger partial charge in [0.05, 0.1) is 10.7 Å². The summed E-state index contributed by atoms with van der Waals surface area (Å²) in [6.45, 7) is 3.98. The molecule has 142 valence electrons. The number of benzene rings is 2. The fourth-order valence-corrected chi connectivity index (χ4v) is 3.57. The summed E-state index contributed by atoms with van der Waals surface area (Å²) in [7, 11) is 0. The Kier molecular flexibility index (Phi) is 6.35. The molecule has 0 radical (unpaired) electrons. The highest BCUT2D eigenvalue weighted by molar-refractivity contribution is 6.33. The molecule has 0 spiro atoms. The number of carbonyl (C=O) groups is 2. The first-order valence-corrected chi connectivity index (χ1v) is 9.65. The molecule has 5 nitrogen and oxygen atoms in total. The van der Waals surface area contributed by atoms with Crippen molar-refractivity contribution >= 4 is 29.2 Å². The molecule has 0 saturated carbocycles. The number of carbonyl (C=O) groups excluding carboxylic acids is 2. The minimum Gasteiger partial charge on any atom is -0.338 e. The fraction of sp³-hybridized carbons (Fsp3) is 0.333. The Bertz CT molecular complexity index is 825. The Morgan fingerprint density at radius 1 is 1.19 bits per heavy atom. The minimum atomic E-state index is -0.193. The molecule has 0 unspecified atom stereocenters. The van der Waals surface area contributed by atoms with E-state index in [2.05, 4.69) is 10.6 Å². The maximum Gasteiger partial charge on any atom is 0.317 e. The Hall–Kier alpha value is -2.53. The van der Waals surface area contributed by atoms with E-state index in [1.807, 2.05) is 42.2 Å². The average Bonchev–Trinajstić information content (AvgIpc) is 2.70. The third-order valence-corrected chi connectivity index (χ3v) is 5.11. The van der Waals surface area contributed by atoms with Crippen LogP contribution in [-0.2, 0) is 0 Å². The lowest BCUT2D eigenvalue weighted by Crippen LogP contribution is -2.44. The summed E-state index contributed by atoms with van der Waals surface area (Å²) in [5.74, 6) is 0.0377. The molecule has 1 fully saturated rings. The first-order valence-electron chi connectivity index (χ1n) is 9.27. The van der Waals surface area contributed by atoms with Crippen molar-refractivity contribution in [2.45, 2.75) is 25.7 Å². The third-order valence-electron chi connectivity index (χ3n) is 4.78. The highest BCUT2D eigenvalue weighted by atomic mass is 35.5. The maximum atomic E-state index is 12.6. The zero-order chi connectivity index (χ0) is 19.2. The molecule has 2 aromatic carbocycles. The molecule has 2 aromatic rings. The van der Waals surface area contributed by atoms with Crippen LogP contribution in [0.5, 0.6) is 0 Å². The number of amides is 3. The van der Waals surface area contributed by atoms with Crippen LogP contribution in [0.15, 0.2) is 48.5 Å². The van der Waals surface area contributed by atoms with Crippen LogP contribution in [0.2, 0.25) is 5.02 Å². The van der Waals surface area contributed by atoms with Crippen LogP contribution >= 0.6 is 11.6 Å². The van der Waals surface area contributed by atoms with Crippen molar-refractivity contribution in [2.75, 3.05) is 25.0 Å². The van der Waals surface area contributed by atoms with Crippen LogP contribution in [0.3, 0.4) is 0 Å². The number of piperidine rings is 1. The number of nitrogens with one attached hydrogen (secondary N) is 2. The van der Waals surface area contributed by atoms with Crippen molar-refractivity contribution in [3.8, 4) is 0 Å². The molecule has 1 atom stereocenters. The molecule has 2 N–H and O–H groups in total. The van der Waals surface area contributed by atoms with Crippen molar-refractivity contribution in [2.24, 2.45) is 0 Å². The van der Waals surface area contributed by atoms with Gasteiger partial charge in [-0.3, -0.25) is 4.79 Å². The van der Waals surface area contributed by atoms with Gasteiger partial charge in [-0.15, -0.1) is 0 Å². The second-order valence-electron chi connectivity index (χ2n) is 6.68. The van der Waals surface area contributed by atoms with Crippen LogP contribution < -0.4 is 10.6 Å². The topological polar surface area (TPSA) is 61.4 Å². The van der Waals surface area contributed by atoms with Gasteiger partial charge < -0.3 is 15.5 Å². The van der Waals surface area contributed by atoms with Gasteiger partial charge in [0, 0.05) is 31.1 Å². The van der Waals surface area contributed by atoms with E-state index >= 15 is 0 Å². The second-order valence-corrected chi connectivity index (χ2v) is 7.09. The van der Waals surface area contributed by atoms with Gasteiger partial charge in [0.15, 0.2) is 0 Å². The number of hydrogen-bond acceptors (Lipinski definition) is 2. The van der Waals surface area contributed by atoms with Crippen molar-refractivity contribution in [3.05, 3.63) is 64.7 Å². The van der Waals surface area contributed by atoms with Crippen molar-refractivity contribution in [1.82, 2.24) is 10.2 Å². The number of urea groups is 1. The molecule has 3 amide bonds. The molecule has 0 aromatic heterocycles. The van der Waals surface area contributed by atoms with E-state index in [4.69, 9.17) is 11.6 Å². The van der Waals surface area contributed by atoms with E-state index in [1.165, 1.54) is 0 Å². The summed E-state index contributed by atoms with van der Waals surface area (Å²) in [6.07, 6.45) is 1.96. The lowest BCUT2D eigenvalue weighted by molar-refractivity contribution is 0.102. The maximum absolute atomic E-state index is 12.6. The first-order chi connectivity index (χ1) is 13.1. The van der Waals surface area contributed by atoms with Crippen LogP contribution in [0.25, 0.3) is 0 Å². The van der Waals surface area contributed by atoms with Crippen molar-refractivity contribution in [3.63, 3.8) is 0 Å². The Morgan fingerprint density at radius 2 is 2.00 bits per heavy atom. The predicted molar refractivity (Wildman–Crippen MR) is 108 cm³/mol. The lowest BCUT2D eigenvalue weighted by atomic mass is 9.89. The fourth-order valence-electron chi connectivity index (χ4n) is 3.39. The number of nitrogens with zero attached hydrogens (tertiary/aromatic N) is 1. The van der Waals surface area contributed by atoms with E-state index in [-0.39, 0.29) is 17.9 Å². The summed E-state index contributed by atoms with van der Waals surface area (Å²) >= 11 is 6.12. The minimum absolute atomic E-state index is 0.0187. The molecule has 3 rings (SSSR count). The van der Waals surface area contributed by atoms with Crippen molar-refractivity contribution in [1.29, 1.82) is 0 Å². The van der Waals surface area contributed by atoms with Crippen LogP contribution in [-0.4, -0.2) is 36.5 Å². The van der Waals surface area contributed by atoms with Gasteiger partial charge in [-0.1, -0.05) is 35.9 Å². The summed E-state index contributed by atoms with van der Waals surface area (Å²) < 4.78 is 0. The smallest absolute Gasteiger partial charge is 0.317 e. The molecule has 1 aliphatic heterocycles.